The largest absolute Gasteiger partial charge is 0.481 e. The molecular weight excluding hydrogens is 548 g/mol. The van der Waals surface area contributed by atoms with Crippen molar-refractivity contribution in [2.75, 3.05) is 19.7 Å². The maximum Gasteiger partial charge on any atom is 0.303 e. The van der Waals surface area contributed by atoms with Gasteiger partial charge in [-0.3, -0.25) is 14.5 Å². The molecule has 5 rings (SSSR count). The first-order chi connectivity index (χ1) is 20.9. The maximum atomic E-state index is 12.1. The highest BCUT2D eigenvalue weighted by atomic mass is 16.7. The van der Waals surface area contributed by atoms with Gasteiger partial charge in [-0.15, -0.1) is 0 Å². The highest BCUT2D eigenvalue weighted by Gasteiger charge is 2.35. The van der Waals surface area contributed by atoms with E-state index >= 15 is 0 Å². The second-order valence-electron chi connectivity index (χ2n) is 11.3. The summed E-state index contributed by atoms with van der Waals surface area (Å²) < 4.78 is 13.0. The standard InChI is InChI=1S/C34H40N2O7/c37-21-23-7-9-25(10-8-23)31-18-29(20-36-17-3-5-28(36)22-38)42-34(43-31)26-13-11-24(12-14-26)30-6-2-1-4-27(30)19-35-32(39)15-16-33(40)41/h1-2,4,6-14,28-29,31,34,37-38H,3,5,15-22H2,(H,35,39)(H,40,41). The van der Waals surface area contributed by atoms with Crippen LogP contribution in [0.2, 0.25) is 0 Å². The Labute approximate surface area is 252 Å². The molecule has 3 aromatic carbocycles. The van der Waals surface area contributed by atoms with Crippen LogP contribution in [0.15, 0.2) is 72.8 Å². The maximum absolute atomic E-state index is 12.1. The van der Waals surface area contributed by atoms with Crippen LogP contribution in [0.5, 0.6) is 0 Å². The van der Waals surface area contributed by atoms with E-state index in [0.29, 0.717) is 13.0 Å². The molecule has 4 N–H and O–H groups in total. The lowest BCUT2D eigenvalue weighted by molar-refractivity contribution is -0.253. The minimum atomic E-state index is -0.996. The van der Waals surface area contributed by atoms with Crippen molar-refractivity contribution in [3.05, 3.63) is 95.1 Å². The molecule has 4 atom stereocenters. The molecule has 0 aromatic heterocycles. The molecule has 2 aliphatic rings. The van der Waals surface area contributed by atoms with Crippen LogP contribution >= 0.6 is 0 Å². The fourth-order valence-corrected chi connectivity index (χ4v) is 5.92. The molecule has 0 bridgehead atoms. The second-order valence-corrected chi connectivity index (χ2v) is 11.3. The number of nitrogens with one attached hydrogen (secondary N) is 1. The molecule has 4 unspecified atom stereocenters. The van der Waals surface area contributed by atoms with Crippen molar-refractivity contribution >= 4 is 11.9 Å². The summed E-state index contributed by atoms with van der Waals surface area (Å²) >= 11 is 0. The number of amides is 1. The van der Waals surface area contributed by atoms with E-state index in [1.807, 2.05) is 72.8 Å². The molecule has 2 aliphatic heterocycles. The molecule has 3 aromatic rings. The number of aliphatic hydroxyl groups is 2. The van der Waals surface area contributed by atoms with Gasteiger partial charge in [0.15, 0.2) is 6.29 Å². The summed E-state index contributed by atoms with van der Waals surface area (Å²) in [5.41, 5.74) is 5.66. The first-order valence-electron chi connectivity index (χ1n) is 15.0. The van der Waals surface area contributed by atoms with Crippen molar-refractivity contribution in [3.63, 3.8) is 0 Å². The van der Waals surface area contributed by atoms with E-state index < -0.39 is 12.3 Å². The Kier molecular flexibility index (Phi) is 10.6. The molecule has 2 fully saturated rings. The fraction of sp³-hybridized carbons (Fsp3) is 0.412. The molecule has 0 aliphatic carbocycles. The second kappa shape index (κ2) is 14.7. The van der Waals surface area contributed by atoms with Crippen molar-refractivity contribution in [3.8, 4) is 11.1 Å². The number of aliphatic carboxylic acids is 1. The lowest BCUT2D eigenvalue weighted by Crippen LogP contribution is -2.42. The Balaban J connectivity index is 1.32. The zero-order valence-corrected chi connectivity index (χ0v) is 24.2. The number of carboxylic acids is 1. The summed E-state index contributed by atoms with van der Waals surface area (Å²) in [5.74, 6) is -1.29. The molecule has 0 saturated carbocycles. The van der Waals surface area contributed by atoms with E-state index in [9.17, 15) is 19.8 Å². The molecule has 0 radical (unpaired) electrons. The van der Waals surface area contributed by atoms with E-state index in [1.165, 1.54) is 0 Å². The number of rotatable bonds is 12. The number of aliphatic hydroxyl groups excluding tert-OH is 2. The van der Waals surface area contributed by atoms with Crippen molar-refractivity contribution in [2.24, 2.45) is 0 Å². The average Bonchev–Trinajstić information content (AvgIpc) is 3.49. The number of carboxylic acid groups (broad SMARTS) is 1. The summed E-state index contributed by atoms with van der Waals surface area (Å²) in [6, 6.07) is 23.8. The minimum Gasteiger partial charge on any atom is -0.481 e. The smallest absolute Gasteiger partial charge is 0.303 e. The molecule has 1 amide bonds. The molecule has 228 valence electrons. The Bertz CT molecular complexity index is 1360. The number of carbonyl (C=O) groups excluding carboxylic acids is 1. The van der Waals surface area contributed by atoms with E-state index in [-0.39, 0.29) is 50.2 Å². The van der Waals surface area contributed by atoms with Crippen molar-refractivity contribution in [2.45, 2.75) is 69.8 Å². The van der Waals surface area contributed by atoms with Gasteiger partial charge in [0.05, 0.1) is 31.8 Å². The average molecular weight is 589 g/mol. The normalized spacial score (nSPS) is 22.4. The Morgan fingerprint density at radius 2 is 1.65 bits per heavy atom. The van der Waals surface area contributed by atoms with E-state index in [0.717, 1.165) is 59.3 Å². The first kappa shape index (κ1) is 30.8. The predicted molar refractivity (Wildman–Crippen MR) is 161 cm³/mol. The topological polar surface area (TPSA) is 129 Å². The summed E-state index contributed by atoms with van der Waals surface area (Å²) in [6.07, 6.45) is 1.65. The molecule has 9 heteroatoms. The number of likely N-dealkylation sites (tertiary alicyclic amines) is 1. The Hall–Kier alpha value is -3.60. The van der Waals surface area contributed by atoms with Crippen LogP contribution in [-0.4, -0.2) is 63.9 Å². The van der Waals surface area contributed by atoms with Crippen LogP contribution in [0.25, 0.3) is 11.1 Å². The number of hydrogen-bond acceptors (Lipinski definition) is 7. The van der Waals surface area contributed by atoms with Gasteiger partial charge >= 0.3 is 5.97 Å². The van der Waals surface area contributed by atoms with Crippen LogP contribution in [0.1, 0.15) is 66.8 Å². The number of hydrogen-bond donors (Lipinski definition) is 4. The highest BCUT2D eigenvalue weighted by Crippen LogP contribution is 2.39. The quantitative estimate of drug-likeness (QED) is 0.246. The third-order valence-corrected chi connectivity index (χ3v) is 8.32. The van der Waals surface area contributed by atoms with Gasteiger partial charge < -0.3 is 30.1 Å². The lowest BCUT2D eigenvalue weighted by atomic mass is 9.97. The minimum absolute atomic E-state index is 0.00968. The number of carbonyl (C=O) groups is 2. The SMILES string of the molecule is O=C(O)CCC(=O)NCc1ccccc1-c1ccc(C2OC(CN3CCCC3CO)CC(c3ccc(CO)cc3)O2)cc1. The van der Waals surface area contributed by atoms with E-state index in [4.69, 9.17) is 14.6 Å². The van der Waals surface area contributed by atoms with E-state index in [1.54, 1.807) is 0 Å². The number of nitrogens with zero attached hydrogens (tertiary/aromatic N) is 1. The van der Waals surface area contributed by atoms with E-state index in [2.05, 4.69) is 10.2 Å². The molecule has 0 spiro atoms. The summed E-state index contributed by atoms with van der Waals surface area (Å²) in [5, 5.41) is 31.0. The zero-order chi connectivity index (χ0) is 30.2. The van der Waals surface area contributed by atoms with Gasteiger partial charge in [-0.2, -0.15) is 0 Å². The first-order valence-corrected chi connectivity index (χ1v) is 15.0. The molecule has 2 heterocycles. The summed E-state index contributed by atoms with van der Waals surface area (Å²) in [4.78, 5) is 25.2. The van der Waals surface area contributed by atoms with Crippen LogP contribution in [0.3, 0.4) is 0 Å². The van der Waals surface area contributed by atoms with Gasteiger partial charge in [-0.1, -0.05) is 72.8 Å². The number of ether oxygens (including phenoxy) is 2. The highest BCUT2D eigenvalue weighted by molar-refractivity contribution is 5.80. The van der Waals surface area contributed by atoms with Crippen LogP contribution in [0, 0.1) is 0 Å². The van der Waals surface area contributed by atoms with Crippen LogP contribution in [0.4, 0.5) is 0 Å². The van der Waals surface area contributed by atoms with Gasteiger partial charge in [-0.25, -0.2) is 0 Å². The fourth-order valence-electron chi connectivity index (χ4n) is 5.92. The molecule has 9 nitrogen and oxygen atoms in total. The molecule has 43 heavy (non-hydrogen) atoms. The summed E-state index contributed by atoms with van der Waals surface area (Å²) in [6.45, 7) is 2.10. The van der Waals surface area contributed by atoms with Gasteiger partial charge in [0.25, 0.3) is 0 Å². The third-order valence-electron chi connectivity index (χ3n) is 8.32. The summed E-state index contributed by atoms with van der Waals surface area (Å²) in [7, 11) is 0. The lowest BCUT2D eigenvalue weighted by Gasteiger charge is -2.38. The molecule has 2 saturated heterocycles. The van der Waals surface area contributed by atoms with Gasteiger partial charge in [0, 0.05) is 37.5 Å². The zero-order valence-electron chi connectivity index (χ0n) is 24.2. The van der Waals surface area contributed by atoms with Crippen LogP contribution in [-0.2, 0) is 32.2 Å². The van der Waals surface area contributed by atoms with Crippen molar-refractivity contribution < 1.29 is 34.4 Å². The van der Waals surface area contributed by atoms with Gasteiger partial charge in [-0.05, 0) is 47.2 Å². The Morgan fingerprint density at radius 1 is 0.907 bits per heavy atom. The third kappa shape index (κ3) is 8.07. The van der Waals surface area contributed by atoms with Gasteiger partial charge in [0.1, 0.15) is 0 Å². The van der Waals surface area contributed by atoms with Gasteiger partial charge in [0.2, 0.25) is 5.91 Å². The van der Waals surface area contributed by atoms with Crippen molar-refractivity contribution in [1.29, 1.82) is 0 Å². The monoisotopic (exact) mass is 588 g/mol. The predicted octanol–water partition coefficient (Wildman–Crippen LogP) is 4.33. The molecular formula is C34H40N2O7. The van der Waals surface area contributed by atoms with Crippen molar-refractivity contribution in [1.82, 2.24) is 10.2 Å². The Morgan fingerprint density at radius 3 is 2.37 bits per heavy atom. The van der Waals surface area contributed by atoms with Crippen LogP contribution < -0.4 is 5.32 Å². The number of benzene rings is 3.